The molecule has 0 radical (unpaired) electrons. The molecule has 4 fully saturated rings. The quantitative estimate of drug-likeness (QED) is 0.450. The fraction of sp³-hybridized carbons (Fsp3) is 0.667. The Labute approximate surface area is 189 Å². The highest BCUT2D eigenvalue weighted by Gasteiger charge is 2.53. The van der Waals surface area contributed by atoms with Gasteiger partial charge in [-0.3, -0.25) is 24.3 Å². The summed E-state index contributed by atoms with van der Waals surface area (Å²) in [7, 11) is 1.63. The number of aromatic nitrogens is 4. The highest BCUT2D eigenvalue weighted by Crippen LogP contribution is 2.58. The molecule has 4 aliphatic rings. The molecule has 0 aromatic carbocycles. The third kappa shape index (κ3) is 3.48. The summed E-state index contributed by atoms with van der Waals surface area (Å²) in [6, 6.07) is 0. The molecule has 4 bridgehead atoms. The molecule has 0 saturated heterocycles. The Hall–Kier alpha value is -2.23. The number of halogens is 1. The molecule has 166 valence electrons. The molecule has 4 saturated carbocycles. The maximum Gasteiger partial charge on any atom is 0.320 e. The molecule has 10 heteroatoms. The van der Waals surface area contributed by atoms with Gasteiger partial charge in [-0.1, -0.05) is 0 Å². The van der Waals surface area contributed by atoms with E-state index in [1.807, 2.05) is 13.1 Å². The van der Waals surface area contributed by atoms with Crippen molar-refractivity contribution in [2.75, 3.05) is 7.05 Å². The van der Waals surface area contributed by atoms with Gasteiger partial charge in [0.05, 0.1) is 27.2 Å². The van der Waals surface area contributed by atoms with Crippen LogP contribution in [0, 0.1) is 27.9 Å². The van der Waals surface area contributed by atoms with E-state index in [2.05, 4.69) is 26.1 Å². The van der Waals surface area contributed by atoms with Gasteiger partial charge in [-0.05, 0) is 79.1 Å². The molecule has 31 heavy (non-hydrogen) atoms. The van der Waals surface area contributed by atoms with Gasteiger partial charge in [0.1, 0.15) is 6.20 Å². The minimum absolute atomic E-state index is 0.0747. The SMILES string of the molecule is CCn1cc(Br)c(CN(C)C(=O)c2nn(C34CC5CC(CC(C5)C3)C4)cc2[N+](=O)[O-])n1. The van der Waals surface area contributed by atoms with Crippen LogP contribution in [0.4, 0.5) is 5.69 Å². The summed E-state index contributed by atoms with van der Waals surface area (Å²) in [6.45, 7) is 2.95. The fourth-order valence-corrected chi connectivity index (χ4v) is 6.86. The van der Waals surface area contributed by atoms with E-state index >= 15 is 0 Å². The van der Waals surface area contributed by atoms with Crippen LogP contribution in [0.15, 0.2) is 16.9 Å². The van der Waals surface area contributed by atoms with Gasteiger partial charge in [0.15, 0.2) is 0 Å². The van der Waals surface area contributed by atoms with Crippen molar-refractivity contribution in [2.45, 2.75) is 64.1 Å². The van der Waals surface area contributed by atoms with Crippen molar-refractivity contribution in [1.82, 2.24) is 24.5 Å². The Morgan fingerprint density at radius 1 is 1.23 bits per heavy atom. The zero-order valence-corrected chi connectivity index (χ0v) is 19.4. The lowest BCUT2D eigenvalue weighted by molar-refractivity contribution is -0.385. The first-order valence-corrected chi connectivity index (χ1v) is 11.8. The number of nitro groups is 1. The summed E-state index contributed by atoms with van der Waals surface area (Å²) >= 11 is 3.47. The van der Waals surface area contributed by atoms with Crippen molar-refractivity contribution in [3.8, 4) is 0 Å². The summed E-state index contributed by atoms with van der Waals surface area (Å²) in [4.78, 5) is 26.0. The van der Waals surface area contributed by atoms with Crippen molar-refractivity contribution >= 4 is 27.5 Å². The van der Waals surface area contributed by atoms with Crippen molar-refractivity contribution in [1.29, 1.82) is 0 Å². The Morgan fingerprint density at radius 3 is 2.35 bits per heavy atom. The number of carbonyl (C=O) groups excluding carboxylic acids is 1. The molecule has 2 aromatic rings. The Kier molecular flexibility index (Phi) is 4.95. The van der Waals surface area contributed by atoms with Crippen LogP contribution < -0.4 is 0 Å². The zero-order chi connectivity index (χ0) is 21.9. The van der Waals surface area contributed by atoms with Gasteiger partial charge in [-0.2, -0.15) is 10.2 Å². The van der Waals surface area contributed by atoms with Crippen LogP contribution in [0.5, 0.6) is 0 Å². The summed E-state index contributed by atoms with van der Waals surface area (Å²) in [6.07, 6.45) is 10.2. The van der Waals surface area contributed by atoms with E-state index < -0.39 is 10.8 Å². The average molecular weight is 491 g/mol. The first kappa shape index (κ1) is 20.7. The highest BCUT2D eigenvalue weighted by atomic mass is 79.9. The predicted octanol–water partition coefficient (Wildman–Crippen LogP) is 3.97. The van der Waals surface area contributed by atoms with Gasteiger partial charge in [-0.25, -0.2) is 0 Å². The highest BCUT2D eigenvalue weighted by molar-refractivity contribution is 9.10. The molecule has 2 heterocycles. The van der Waals surface area contributed by atoms with Crippen molar-refractivity contribution < 1.29 is 9.72 Å². The van der Waals surface area contributed by atoms with Gasteiger partial charge < -0.3 is 4.90 Å². The van der Waals surface area contributed by atoms with Crippen LogP contribution in [-0.2, 0) is 18.6 Å². The Morgan fingerprint density at radius 2 is 1.84 bits per heavy atom. The smallest absolute Gasteiger partial charge is 0.320 e. The zero-order valence-electron chi connectivity index (χ0n) is 17.8. The predicted molar refractivity (Wildman–Crippen MR) is 116 cm³/mol. The van der Waals surface area contributed by atoms with E-state index in [-0.39, 0.29) is 23.5 Å². The topological polar surface area (TPSA) is 99.1 Å². The van der Waals surface area contributed by atoms with E-state index in [1.165, 1.54) is 30.4 Å². The number of carbonyl (C=O) groups is 1. The number of hydrogen-bond acceptors (Lipinski definition) is 5. The lowest BCUT2D eigenvalue weighted by Gasteiger charge is -2.56. The molecular formula is C21H27BrN6O3. The summed E-state index contributed by atoms with van der Waals surface area (Å²) in [5.74, 6) is 1.60. The van der Waals surface area contributed by atoms with E-state index in [0.29, 0.717) is 23.4 Å². The molecule has 0 atom stereocenters. The van der Waals surface area contributed by atoms with Gasteiger partial charge >= 0.3 is 5.69 Å². The minimum atomic E-state index is -0.479. The maximum atomic E-state index is 13.2. The van der Waals surface area contributed by atoms with Crippen molar-refractivity contribution in [2.24, 2.45) is 17.8 Å². The summed E-state index contributed by atoms with van der Waals surface area (Å²) in [5, 5.41) is 20.8. The van der Waals surface area contributed by atoms with Crippen LogP contribution in [0.2, 0.25) is 0 Å². The van der Waals surface area contributed by atoms with E-state index in [4.69, 9.17) is 0 Å². The number of nitrogens with zero attached hydrogens (tertiary/aromatic N) is 6. The van der Waals surface area contributed by atoms with Crippen molar-refractivity contribution in [3.05, 3.63) is 38.4 Å². The second-order valence-corrected chi connectivity index (χ2v) is 10.5. The van der Waals surface area contributed by atoms with Gasteiger partial charge in [0.25, 0.3) is 5.91 Å². The first-order valence-electron chi connectivity index (χ1n) is 11.0. The lowest BCUT2D eigenvalue weighted by Crippen LogP contribution is -2.52. The van der Waals surface area contributed by atoms with Crippen molar-refractivity contribution in [3.63, 3.8) is 0 Å². The number of hydrogen-bond donors (Lipinski definition) is 0. The minimum Gasteiger partial charge on any atom is -0.334 e. The normalized spacial score (nSPS) is 28.8. The van der Waals surface area contributed by atoms with E-state index in [9.17, 15) is 14.9 Å². The standard InChI is InChI=1S/C21H27BrN6O3/c1-3-26-10-16(22)17(23-26)11-25(2)20(29)19-18(28(30)31)12-27(24-19)21-7-13-4-14(8-21)6-15(5-13)9-21/h10,12-15H,3-9,11H2,1-2H3. The molecular weight excluding hydrogens is 464 g/mol. The Balaban J connectivity index is 1.44. The molecule has 6 rings (SSSR count). The first-order chi connectivity index (χ1) is 14.8. The number of aryl methyl sites for hydroxylation is 1. The van der Waals surface area contributed by atoms with E-state index in [0.717, 1.165) is 30.3 Å². The molecule has 1 amide bonds. The van der Waals surface area contributed by atoms with E-state index in [1.54, 1.807) is 16.4 Å². The van der Waals surface area contributed by atoms with Crippen LogP contribution in [0.3, 0.4) is 0 Å². The molecule has 0 aliphatic heterocycles. The molecule has 0 unspecified atom stereocenters. The molecule has 0 spiro atoms. The average Bonchev–Trinajstić information content (AvgIpc) is 3.31. The molecule has 0 N–H and O–H groups in total. The lowest BCUT2D eigenvalue weighted by atomic mass is 9.53. The van der Waals surface area contributed by atoms with Crippen LogP contribution in [0.1, 0.15) is 61.6 Å². The third-order valence-corrected chi connectivity index (χ3v) is 8.09. The molecule has 9 nitrogen and oxygen atoms in total. The molecule has 2 aromatic heterocycles. The fourth-order valence-electron chi connectivity index (χ4n) is 6.42. The van der Waals surface area contributed by atoms with Crippen LogP contribution in [-0.4, -0.2) is 42.3 Å². The van der Waals surface area contributed by atoms with Gasteiger partial charge in [0, 0.05) is 19.8 Å². The van der Waals surface area contributed by atoms with Gasteiger partial charge in [-0.15, -0.1) is 0 Å². The van der Waals surface area contributed by atoms with Crippen LogP contribution in [0.25, 0.3) is 0 Å². The Bertz CT molecular complexity index is 1010. The number of rotatable bonds is 6. The second kappa shape index (κ2) is 7.43. The largest absolute Gasteiger partial charge is 0.334 e. The summed E-state index contributed by atoms with van der Waals surface area (Å²) < 4.78 is 4.38. The molecule has 4 aliphatic carbocycles. The third-order valence-electron chi connectivity index (χ3n) is 7.43. The van der Waals surface area contributed by atoms with Crippen LogP contribution >= 0.6 is 15.9 Å². The number of amides is 1. The monoisotopic (exact) mass is 490 g/mol. The summed E-state index contributed by atoms with van der Waals surface area (Å²) in [5.41, 5.74) is 0.264. The maximum absolute atomic E-state index is 13.2. The van der Waals surface area contributed by atoms with Gasteiger partial charge in [0.2, 0.25) is 5.69 Å². The second-order valence-electron chi connectivity index (χ2n) is 9.65.